The number of hydrogen-bond acceptors (Lipinski definition) is 2. The summed E-state index contributed by atoms with van der Waals surface area (Å²) in [5, 5.41) is 0. The summed E-state index contributed by atoms with van der Waals surface area (Å²) >= 11 is 0. The Balaban J connectivity index is 1.97. The van der Waals surface area contributed by atoms with Crippen LogP contribution in [0, 0.1) is 17.6 Å². The highest BCUT2D eigenvalue weighted by atomic mass is 19.1. The second-order valence-corrected chi connectivity index (χ2v) is 7.70. The van der Waals surface area contributed by atoms with E-state index < -0.39 is 17.5 Å². The zero-order valence-electron chi connectivity index (χ0n) is 17.2. The fourth-order valence-electron chi connectivity index (χ4n) is 3.39. The summed E-state index contributed by atoms with van der Waals surface area (Å²) in [6.07, 6.45) is 1.68. The van der Waals surface area contributed by atoms with Crippen molar-refractivity contribution in [1.29, 1.82) is 0 Å². The van der Waals surface area contributed by atoms with E-state index in [2.05, 4.69) is 25.3 Å². The van der Waals surface area contributed by atoms with Crippen LogP contribution in [-0.4, -0.2) is 26.9 Å². The van der Waals surface area contributed by atoms with Gasteiger partial charge in [-0.3, -0.25) is 4.79 Å². The first-order chi connectivity index (χ1) is 13.9. The molecule has 0 radical (unpaired) electrons. The van der Waals surface area contributed by atoms with E-state index in [4.69, 9.17) is 4.98 Å². The average molecular weight is 399 g/mol. The molecule has 0 aliphatic carbocycles. The molecule has 1 heterocycles. The van der Waals surface area contributed by atoms with E-state index in [1.54, 1.807) is 4.90 Å². The van der Waals surface area contributed by atoms with Gasteiger partial charge in [0.15, 0.2) is 0 Å². The lowest BCUT2D eigenvalue weighted by Gasteiger charge is -2.24. The van der Waals surface area contributed by atoms with Gasteiger partial charge in [0, 0.05) is 13.1 Å². The van der Waals surface area contributed by atoms with Crippen LogP contribution in [-0.2, 0) is 13.1 Å². The maximum atomic E-state index is 14.3. The number of rotatable bonds is 8. The van der Waals surface area contributed by atoms with E-state index in [-0.39, 0.29) is 12.1 Å². The molecular weight excluding hydrogens is 372 g/mol. The van der Waals surface area contributed by atoms with Crippen LogP contribution in [0.4, 0.5) is 8.78 Å². The van der Waals surface area contributed by atoms with Crippen molar-refractivity contribution < 1.29 is 13.6 Å². The number of nitrogens with zero attached hydrogens (tertiary/aromatic N) is 3. The molecule has 3 rings (SSSR count). The molecule has 6 heteroatoms. The Labute approximate surface area is 170 Å². The molecule has 0 saturated carbocycles. The number of carbonyl (C=O) groups is 1. The molecule has 0 fully saturated rings. The van der Waals surface area contributed by atoms with Crippen molar-refractivity contribution in [2.24, 2.45) is 5.92 Å². The molecule has 1 amide bonds. The van der Waals surface area contributed by atoms with Crippen LogP contribution in [0.2, 0.25) is 0 Å². The predicted octanol–water partition coefficient (Wildman–Crippen LogP) is 5.41. The quantitative estimate of drug-likeness (QED) is 0.508. The molecule has 1 aromatic heterocycles. The molecule has 2 aromatic carbocycles. The van der Waals surface area contributed by atoms with E-state index in [0.29, 0.717) is 12.5 Å². The Hall–Kier alpha value is -2.76. The number of halogens is 2. The summed E-state index contributed by atoms with van der Waals surface area (Å²) in [7, 11) is 0. The van der Waals surface area contributed by atoms with Crippen molar-refractivity contribution >= 4 is 16.9 Å². The molecular formula is C23H27F2N3O. The third-order valence-corrected chi connectivity index (χ3v) is 4.94. The van der Waals surface area contributed by atoms with Crippen molar-refractivity contribution in [3.05, 3.63) is 65.5 Å². The molecule has 154 valence electrons. The number of aromatic nitrogens is 2. The van der Waals surface area contributed by atoms with Gasteiger partial charge in [0.2, 0.25) is 0 Å². The van der Waals surface area contributed by atoms with Crippen LogP contribution < -0.4 is 0 Å². The molecule has 3 aromatic rings. The fourth-order valence-corrected chi connectivity index (χ4v) is 3.39. The molecule has 0 aliphatic heterocycles. The lowest BCUT2D eigenvalue weighted by molar-refractivity contribution is 0.0724. The highest BCUT2D eigenvalue weighted by molar-refractivity contribution is 5.94. The lowest BCUT2D eigenvalue weighted by Crippen LogP contribution is -2.34. The van der Waals surface area contributed by atoms with Crippen LogP contribution in [0.15, 0.2) is 42.5 Å². The number of imidazole rings is 1. The number of aryl methyl sites for hydroxylation is 1. The van der Waals surface area contributed by atoms with Crippen LogP contribution in [0.1, 0.15) is 49.8 Å². The smallest absolute Gasteiger partial charge is 0.257 e. The highest BCUT2D eigenvalue weighted by Gasteiger charge is 2.23. The molecule has 29 heavy (non-hydrogen) atoms. The van der Waals surface area contributed by atoms with Crippen LogP contribution in [0.3, 0.4) is 0 Å². The fraction of sp³-hybridized carbons (Fsp3) is 0.391. The zero-order chi connectivity index (χ0) is 21.0. The van der Waals surface area contributed by atoms with E-state index in [9.17, 15) is 13.6 Å². The van der Waals surface area contributed by atoms with Crippen LogP contribution >= 0.6 is 0 Å². The Kier molecular flexibility index (Phi) is 6.62. The summed E-state index contributed by atoms with van der Waals surface area (Å²) in [5.74, 6) is -0.735. The first kappa shape index (κ1) is 21.0. The number of hydrogen-bond donors (Lipinski definition) is 0. The summed E-state index contributed by atoms with van der Waals surface area (Å²) < 4.78 is 30.0. The van der Waals surface area contributed by atoms with Gasteiger partial charge < -0.3 is 9.47 Å². The van der Waals surface area contributed by atoms with Gasteiger partial charge in [-0.05, 0) is 49.1 Å². The Morgan fingerprint density at radius 2 is 1.93 bits per heavy atom. The molecule has 4 nitrogen and oxygen atoms in total. The maximum Gasteiger partial charge on any atom is 0.257 e. The van der Waals surface area contributed by atoms with Gasteiger partial charge in [-0.1, -0.05) is 32.9 Å². The van der Waals surface area contributed by atoms with Crippen LogP contribution in [0.25, 0.3) is 11.0 Å². The lowest BCUT2D eigenvalue weighted by atomic mass is 10.1. The third-order valence-electron chi connectivity index (χ3n) is 4.94. The molecule has 0 aliphatic rings. The van der Waals surface area contributed by atoms with E-state index in [1.165, 1.54) is 0 Å². The minimum atomic E-state index is -0.715. The summed E-state index contributed by atoms with van der Waals surface area (Å²) in [6.45, 7) is 7.69. The number of carbonyl (C=O) groups excluding carboxylic acids is 1. The number of para-hydroxylation sites is 2. The second kappa shape index (κ2) is 9.16. The standard InChI is InChI=1S/C23H27F2N3O/c1-4-12-28-21-8-6-5-7-20(21)26-22(28)15-27(13-11-16(2)3)23(29)18-14-17(24)9-10-19(18)25/h5-10,14,16H,4,11-13,15H2,1-3H3. The predicted molar refractivity (Wildman–Crippen MR) is 111 cm³/mol. The van der Waals surface area contributed by atoms with Gasteiger partial charge in [-0.15, -0.1) is 0 Å². The van der Waals surface area contributed by atoms with E-state index in [0.717, 1.165) is 54.4 Å². The van der Waals surface area contributed by atoms with E-state index in [1.807, 2.05) is 24.3 Å². The summed E-state index contributed by atoms with van der Waals surface area (Å²) in [6, 6.07) is 10.8. The number of amides is 1. The van der Waals surface area contributed by atoms with Crippen molar-refractivity contribution in [2.75, 3.05) is 6.54 Å². The van der Waals surface area contributed by atoms with Crippen molar-refractivity contribution in [3.8, 4) is 0 Å². The topological polar surface area (TPSA) is 38.1 Å². The first-order valence-electron chi connectivity index (χ1n) is 10.1. The maximum absolute atomic E-state index is 14.3. The molecule has 0 spiro atoms. The summed E-state index contributed by atoms with van der Waals surface area (Å²) in [4.78, 5) is 19.4. The second-order valence-electron chi connectivity index (χ2n) is 7.70. The first-order valence-corrected chi connectivity index (χ1v) is 10.1. The molecule has 0 saturated heterocycles. The number of benzene rings is 2. The van der Waals surface area contributed by atoms with Gasteiger partial charge in [0.1, 0.15) is 17.5 Å². The molecule has 0 bridgehead atoms. The SMILES string of the molecule is CCCn1c(CN(CCC(C)C)C(=O)c2cc(F)ccc2F)nc2ccccc21. The normalized spacial score (nSPS) is 11.4. The Bertz CT molecular complexity index is 997. The average Bonchev–Trinajstić information content (AvgIpc) is 3.04. The van der Waals surface area contributed by atoms with Crippen molar-refractivity contribution in [3.63, 3.8) is 0 Å². The third kappa shape index (κ3) is 4.81. The zero-order valence-corrected chi connectivity index (χ0v) is 17.2. The summed E-state index contributed by atoms with van der Waals surface area (Å²) in [5.41, 5.74) is 1.63. The monoisotopic (exact) mass is 399 g/mol. The van der Waals surface area contributed by atoms with Gasteiger partial charge in [0.25, 0.3) is 5.91 Å². The van der Waals surface area contributed by atoms with Crippen molar-refractivity contribution in [2.45, 2.75) is 46.7 Å². The van der Waals surface area contributed by atoms with Gasteiger partial charge >= 0.3 is 0 Å². The minimum Gasteiger partial charge on any atom is -0.331 e. The van der Waals surface area contributed by atoms with Gasteiger partial charge in [-0.2, -0.15) is 0 Å². The Morgan fingerprint density at radius 3 is 2.66 bits per heavy atom. The molecule has 0 atom stereocenters. The van der Waals surface area contributed by atoms with Crippen molar-refractivity contribution in [1.82, 2.24) is 14.5 Å². The largest absolute Gasteiger partial charge is 0.331 e. The van der Waals surface area contributed by atoms with Crippen LogP contribution in [0.5, 0.6) is 0 Å². The van der Waals surface area contributed by atoms with E-state index >= 15 is 0 Å². The van der Waals surface area contributed by atoms with Gasteiger partial charge in [0.05, 0.1) is 23.1 Å². The molecule has 0 N–H and O–H groups in total. The molecule has 0 unspecified atom stereocenters. The minimum absolute atomic E-state index is 0.244. The number of fused-ring (bicyclic) bond motifs is 1. The highest BCUT2D eigenvalue weighted by Crippen LogP contribution is 2.20. The van der Waals surface area contributed by atoms with Gasteiger partial charge in [-0.25, -0.2) is 13.8 Å². The Morgan fingerprint density at radius 1 is 1.17 bits per heavy atom.